The summed E-state index contributed by atoms with van der Waals surface area (Å²) in [5.74, 6) is 0. The van der Waals surface area contributed by atoms with Gasteiger partial charge in [-0.3, -0.25) is 0 Å². The minimum atomic E-state index is 0.713. The lowest BCUT2D eigenvalue weighted by atomic mass is 9.88. The number of fused-ring (bicyclic) bond motifs is 1. The van der Waals surface area contributed by atoms with E-state index in [2.05, 4.69) is 36.5 Å². The van der Waals surface area contributed by atoms with Gasteiger partial charge in [-0.1, -0.05) is 63.3 Å². The molecule has 0 heterocycles. The molecule has 0 amide bonds. The van der Waals surface area contributed by atoms with E-state index >= 15 is 0 Å². The van der Waals surface area contributed by atoms with Gasteiger partial charge in [-0.25, -0.2) is 0 Å². The highest BCUT2D eigenvalue weighted by Gasteiger charge is 2.16. The van der Waals surface area contributed by atoms with Crippen LogP contribution in [0.3, 0.4) is 0 Å². The minimum Gasteiger partial charge on any atom is -0.314 e. The normalized spacial score (nSPS) is 18.3. The average Bonchev–Trinajstić information content (AvgIpc) is 2.46. The number of benzene rings is 1. The van der Waals surface area contributed by atoms with Crippen LogP contribution in [-0.4, -0.2) is 12.6 Å². The molecule has 1 heteroatoms. The highest BCUT2D eigenvalue weighted by molar-refractivity contribution is 5.30. The van der Waals surface area contributed by atoms with Crippen molar-refractivity contribution in [2.24, 2.45) is 0 Å². The Bertz CT molecular complexity index is 358. The number of aryl methyl sites for hydroxylation is 1. The summed E-state index contributed by atoms with van der Waals surface area (Å²) in [5.41, 5.74) is 3.13. The minimum absolute atomic E-state index is 0.713. The maximum Gasteiger partial charge on any atom is 0.0111 e. The molecule has 0 bridgehead atoms. The highest BCUT2D eigenvalue weighted by atomic mass is 14.9. The van der Waals surface area contributed by atoms with Gasteiger partial charge in [0.25, 0.3) is 0 Å². The lowest BCUT2D eigenvalue weighted by Gasteiger charge is -2.25. The molecule has 1 nitrogen and oxygen atoms in total. The van der Waals surface area contributed by atoms with Crippen LogP contribution in [0.2, 0.25) is 0 Å². The van der Waals surface area contributed by atoms with Gasteiger partial charge in [-0.2, -0.15) is 0 Å². The van der Waals surface area contributed by atoms with Crippen LogP contribution in [-0.2, 0) is 12.8 Å². The molecule has 1 unspecified atom stereocenters. The molecule has 0 saturated carbocycles. The Morgan fingerprint density at radius 3 is 2.58 bits per heavy atom. The Morgan fingerprint density at radius 1 is 1.00 bits per heavy atom. The molecule has 19 heavy (non-hydrogen) atoms. The number of hydrogen-bond donors (Lipinski definition) is 1. The van der Waals surface area contributed by atoms with Gasteiger partial charge < -0.3 is 5.32 Å². The molecular formula is C18H29N. The SMILES string of the molecule is CCCCCCCCNC1CCc2ccccc2C1. The number of unbranched alkanes of at least 4 members (excludes halogenated alkanes) is 5. The Hall–Kier alpha value is -0.820. The molecule has 1 aliphatic carbocycles. The third-order valence-electron chi connectivity index (χ3n) is 4.31. The monoisotopic (exact) mass is 259 g/mol. The second-order valence-corrected chi connectivity index (χ2v) is 5.93. The van der Waals surface area contributed by atoms with Crippen molar-refractivity contribution in [3.63, 3.8) is 0 Å². The van der Waals surface area contributed by atoms with Crippen LogP contribution < -0.4 is 5.32 Å². The molecule has 1 aromatic carbocycles. The van der Waals surface area contributed by atoms with E-state index in [9.17, 15) is 0 Å². The Morgan fingerprint density at radius 2 is 1.74 bits per heavy atom. The molecule has 2 rings (SSSR count). The molecule has 1 N–H and O–H groups in total. The zero-order valence-corrected chi connectivity index (χ0v) is 12.5. The summed E-state index contributed by atoms with van der Waals surface area (Å²) in [5, 5.41) is 3.75. The molecule has 0 saturated heterocycles. The fourth-order valence-electron chi connectivity index (χ4n) is 3.08. The first kappa shape index (κ1) is 14.6. The van der Waals surface area contributed by atoms with Gasteiger partial charge in [0.05, 0.1) is 0 Å². The lowest BCUT2D eigenvalue weighted by molar-refractivity contribution is 0.446. The largest absolute Gasteiger partial charge is 0.314 e. The molecule has 0 fully saturated rings. The van der Waals surface area contributed by atoms with Gasteiger partial charge in [0.1, 0.15) is 0 Å². The predicted octanol–water partition coefficient (Wildman–Crippen LogP) is 4.49. The predicted molar refractivity (Wildman–Crippen MR) is 83.6 cm³/mol. The van der Waals surface area contributed by atoms with Crippen molar-refractivity contribution in [1.29, 1.82) is 0 Å². The molecule has 106 valence electrons. The van der Waals surface area contributed by atoms with Crippen molar-refractivity contribution in [3.8, 4) is 0 Å². The van der Waals surface area contributed by atoms with Gasteiger partial charge in [0.2, 0.25) is 0 Å². The van der Waals surface area contributed by atoms with E-state index < -0.39 is 0 Å². The van der Waals surface area contributed by atoms with Crippen molar-refractivity contribution in [2.45, 2.75) is 70.8 Å². The van der Waals surface area contributed by atoms with E-state index in [1.165, 1.54) is 64.3 Å². The Kier molecular flexibility index (Phi) is 6.43. The van der Waals surface area contributed by atoms with Crippen molar-refractivity contribution in [3.05, 3.63) is 35.4 Å². The van der Waals surface area contributed by atoms with Crippen LogP contribution in [0.5, 0.6) is 0 Å². The number of hydrogen-bond acceptors (Lipinski definition) is 1. The summed E-state index contributed by atoms with van der Waals surface area (Å²) in [6.07, 6.45) is 12.1. The highest BCUT2D eigenvalue weighted by Crippen LogP contribution is 2.21. The summed E-state index contributed by atoms with van der Waals surface area (Å²) < 4.78 is 0. The molecule has 0 spiro atoms. The van der Waals surface area contributed by atoms with Crippen LogP contribution in [0.4, 0.5) is 0 Å². The van der Waals surface area contributed by atoms with Crippen LogP contribution in [0, 0.1) is 0 Å². The summed E-state index contributed by atoms with van der Waals surface area (Å²) >= 11 is 0. The molecule has 1 aromatic rings. The Balaban J connectivity index is 1.58. The molecular weight excluding hydrogens is 230 g/mol. The van der Waals surface area contributed by atoms with E-state index in [0.717, 1.165) is 0 Å². The maximum absolute atomic E-state index is 3.75. The maximum atomic E-state index is 3.75. The third-order valence-corrected chi connectivity index (χ3v) is 4.31. The van der Waals surface area contributed by atoms with Gasteiger partial charge in [-0.05, 0) is 43.4 Å². The zero-order chi connectivity index (χ0) is 13.3. The van der Waals surface area contributed by atoms with Crippen LogP contribution in [0.15, 0.2) is 24.3 Å². The van der Waals surface area contributed by atoms with Gasteiger partial charge in [-0.15, -0.1) is 0 Å². The van der Waals surface area contributed by atoms with Crippen LogP contribution >= 0.6 is 0 Å². The summed E-state index contributed by atoms with van der Waals surface area (Å²) in [6, 6.07) is 9.65. The average molecular weight is 259 g/mol. The summed E-state index contributed by atoms with van der Waals surface area (Å²) in [7, 11) is 0. The van der Waals surface area contributed by atoms with E-state index in [-0.39, 0.29) is 0 Å². The summed E-state index contributed by atoms with van der Waals surface area (Å²) in [4.78, 5) is 0. The fraction of sp³-hybridized carbons (Fsp3) is 0.667. The zero-order valence-electron chi connectivity index (χ0n) is 12.5. The molecule has 1 atom stereocenters. The van der Waals surface area contributed by atoms with Crippen LogP contribution in [0.25, 0.3) is 0 Å². The van der Waals surface area contributed by atoms with E-state index in [1.54, 1.807) is 11.1 Å². The second-order valence-electron chi connectivity index (χ2n) is 5.93. The van der Waals surface area contributed by atoms with E-state index in [0.29, 0.717) is 6.04 Å². The number of nitrogens with one attached hydrogen (secondary N) is 1. The summed E-state index contributed by atoms with van der Waals surface area (Å²) in [6.45, 7) is 3.49. The standard InChI is InChI=1S/C18H29N/c1-2-3-4-5-6-9-14-19-18-13-12-16-10-7-8-11-17(16)15-18/h7-8,10-11,18-19H,2-6,9,12-15H2,1H3. The topological polar surface area (TPSA) is 12.0 Å². The van der Waals surface area contributed by atoms with Crippen molar-refractivity contribution < 1.29 is 0 Å². The first-order valence-electron chi connectivity index (χ1n) is 8.20. The van der Waals surface area contributed by atoms with Crippen molar-refractivity contribution in [2.75, 3.05) is 6.54 Å². The lowest BCUT2D eigenvalue weighted by Crippen LogP contribution is -2.35. The fourth-order valence-corrected chi connectivity index (χ4v) is 3.08. The van der Waals surface area contributed by atoms with Gasteiger partial charge >= 0.3 is 0 Å². The first-order chi connectivity index (χ1) is 9.40. The molecule has 1 aliphatic rings. The Labute approximate surface area is 118 Å². The van der Waals surface area contributed by atoms with Gasteiger partial charge in [0, 0.05) is 6.04 Å². The molecule has 0 aromatic heterocycles. The van der Waals surface area contributed by atoms with Gasteiger partial charge in [0.15, 0.2) is 0 Å². The smallest absolute Gasteiger partial charge is 0.0111 e. The van der Waals surface area contributed by atoms with Crippen molar-refractivity contribution in [1.82, 2.24) is 5.32 Å². The van der Waals surface area contributed by atoms with Crippen LogP contribution in [0.1, 0.15) is 63.0 Å². The third kappa shape index (κ3) is 4.99. The quantitative estimate of drug-likeness (QED) is 0.678. The number of rotatable bonds is 8. The molecule has 0 aliphatic heterocycles. The van der Waals surface area contributed by atoms with E-state index in [1.807, 2.05) is 0 Å². The second kappa shape index (κ2) is 8.37. The van der Waals surface area contributed by atoms with E-state index in [4.69, 9.17) is 0 Å². The first-order valence-corrected chi connectivity index (χ1v) is 8.20. The molecule has 0 radical (unpaired) electrons. The van der Waals surface area contributed by atoms with Crippen molar-refractivity contribution >= 4 is 0 Å².